The predicted octanol–water partition coefficient (Wildman–Crippen LogP) is 1.27. The SMILES string of the molecule is CNC(=O)CC(N)c1ccc(F)c(C)c1. The fraction of sp³-hybridized carbons (Fsp3) is 0.364. The van der Waals surface area contributed by atoms with Crippen molar-refractivity contribution < 1.29 is 9.18 Å². The van der Waals surface area contributed by atoms with Crippen molar-refractivity contribution in [2.24, 2.45) is 5.73 Å². The number of aryl methyl sites for hydroxylation is 1. The summed E-state index contributed by atoms with van der Waals surface area (Å²) in [5.41, 5.74) is 7.12. The summed E-state index contributed by atoms with van der Waals surface area (Å²) in [6.45, 7) is 1.67. The van der Waals surface area contributed by atoms with Crippen LogP contribution in [0.4, 0.5) is 4.39 Å². The highest BCUT2D eigenvalue weighted by molar-refractivity contribution is 5.76. The quantitative estimate of drug-likeness (QED) is 0.789. The zero-order chi connectivity index (χ0) is 11.4. The number of nitrogens with one attached hydrogen (secondary N) is 1. The highest BCUT2D eigenvalue weighted by Gasteiger charge is 2.11. The van der Waals surface area contributed by atoms with Crippen LogP contribution in [0.25, 0.3) is 0 Å². The van der Waals surface area contributed by atoms with E-state index in [0.29, 0.717) is 5.56 Å². The van der Waals surface area contributed by atoms with Crippen molar-refractivity contribution in [3.8, 4) is 0 Å². The molecule has 0 fully saturated rings. The molecule has 82 valence electrons. The summed E-state index contributed by atoms with van der Waals surface area (Å²) in [6, 6.07) is 4.26. The van der Waals surface area contributed by atoms with E-state index >= 15 is 0 Å². The van der Waals surface area contributed by atoms with E-state index < -0.39 is 0 Å². The van der Waals surface area contributed by atoms with Gasteiger partial charge in [0.1, 0.15) is 5.82 Å². The molecule has 1 atom stereocenters. The van der Waals surface area contributed by atoms with Gasteiger partial charge in [-0.1, -0.05) is 12.1 Å². The number of amides is 1. The summed E-state index contributed by atoms with van der Waals surface area (Å²) < 4.78 is 13.0. The van der Waals surface area contributed by atoms with Gasteiger partial charge in [-0.2, -0.15) is 0 Å². The van der Waals surface area contributed by atoms with Crippen LogP contribution in [-0.2, 0) is 4.79 Å². The number of nitrogens with two attached hydrogens (primary N) is 1. The fourth-order valence-electron chi connectivity index (χ4n) is 1.32. The number of benzene rings is 1. The Kier molecular flexibility index (Phi) is 3.80. The molecule has 0 aliphatic rings. The first-order valence-electron chi connectivity index (χ1n) is 4.76. The van der Waals surface area contributed by atoms with Gasteiger partial charge in [-0.3, -0.25) is 4.79 Å². The van der Waals surface area contributed by atoms with Crippen LogP contribution in [0.15, 0.2) is 18.2 Å². The molecule has 0 bridgehead atoms. The summed E-state index contributed by atoms with van der Waals surface area (Å²) in [5.74, 6) is -0.379. The maximum atomic E-state index is 13.0. The first kappa shape index (κ1) is 11.7. The molecule has 0 radical (unpaired) electrons. The van der Waals surface area contributed by atoms with E-state index in [1.54, 1.807) is 26.1 Å². The predicted molar refractivity (Wildman–Crippen MR) is 56.7 cm³/mol. The molecule has 0 saturated heterocycles. The topological polar surface area (TPSA) is 55.1 Å². The molecule has 1 aromatic carbocycles. The van der Waals surface area contributed by atoms with Gasteiger partial charge in [-0.05, 0) is 24.1 Å². The number of hydrogen-bond acceptors (Lipinski definition) is 2. The standard InChI is InChI=1S/C11H15FN2O/c1-7-5-8(3-4-9(7)12)10(13)6-11(15)14-2/h3-5,10H,6,13H2,1-2H3,(H,14,15). The monoisotopic (exact) mass is 210 g/mol. The van der Waals surface area contributed by atoms with Gasteiger partial charge in [0.2, 0.25) is 5.91 Å². The van der Waals surface area contributed by atoms with Crippen molar-refractivity contribution >= 4 is 5.91 Å². The summed E-state index contributed by atoms with van der Waals surface area (Å²) in [5, 5.41) is 2.50. The van der Waals surface area contributed by atoms with Crippen LogP contribution in [0.1, 0.15) is 23.6 Å². The Morgan fingerprint density at radius 1 is 1.60 bits per heavy atom. The molecule has 1 unspecified atom stereocenters. The van der Waals surface area contributed by atoms with Crippen molar-refractivity contribution in [1.29, 1.82) is 0 Å². The van der Waals surface area contributed by atoms with Gasteiger partial charge in [0.25, 0.3) is 0 Å². The lowest BCUT2D eigenvalue weighted by atomic mass is 10.0. The molecule has 1 amide bonds. The highest BCUT2D eigenvalue weighted by atomic mass is 19.1. The maximum absolute atomic E-state index is 13.0. The second-order valence-electron chi connectivity index (χ2n) is 3.49. The Balaban J connectivity index is 2.78. The number of halogens is 1. The zero-order valence-corrected chi connectivity index (χ0v) is 8.88. The van der Waals surface area contributed by atoms with Gasteiger partial charge in [0.15, 0.2) is 0 Å². The van der Waals surface area contributed by atoms with Crippen molar-refractivity contribution in [3.05, 3.63) is 35.1 Å². The van der Waals surface area contributed by atoms with E-state index in [1.807, 2.05) is 0 Å². The van der Waals surface area contributed by atoms with Crippen LogP contribution in [-0.4, -0.2) is 13.0 Å². The van der Waals surface area contributed by atoms with Crippen LogP contribution in [0.5, 0.6) is 0 Å². The van der Waals surface area contributed by atoms with E-state index in [1.165, 1.54) is 6.07 Å². The summed E-state index contributed by atoms with van der Waals surface area (Å²) in [7, 11) is 1.56. The minimum atomic E-state index is -0.385. The molecule has 0 aliphatic carbocycles. The zero-order valence-electron chi connectivity index (χ0n) is 8.88. The maximum Gasteiger partial charge on any atom is 0.221 e. The van der Waals surface area contributed by atoms with Gasteiger partial charge in [0.05, 0.1) is 0 Å². The Bertz CT molecular complexity index is 366. The van der Waals surface area contributed by atoms with Crippen LogP contribution in [0.2, 0.25) is 0 Å². The van der Waals surface area contributed by atoms with Crippen molar-refractivity contribution in [3.63, 3.8) is 0 Å². The molecule has 1 rings (SSSR count). The number of carbonyl (C=O) groups excluding carboxylic acids is 1. The molecule has 3 N–H and O–H groups in total. The second-order valence-corrected chi connectivity index (χ2v) is 3.49. The lowest BCUT2D eigenvalue weighted by molar-refractivity contribution is -0.120. The molecule has 0 saturated carbocycles. The molecular weight excluding hydrogens is 195 g/mol. The van der Waals surface area contributed by atoms with E-state index in [4.69, 9.17) is 5.73 Å². The largest absolute Gasteiger partial charge is 0.359 e. The molecule has 3 nitrogen and oxygen atoms in total. The Labute approximate surface area is 88.5 Å². The van der Waals surface area contributed by atoms with E-state index in [-0.39, 0.29) is 24.2 Å². The molecule has 0 aromatic heterocycles. The molecule has 0 heterocycles. The summed E-state index contributed by atoms with van der Waals surface area (Å²) >= 11 is 0. The van der Waals surface area contributed by atoms with Gasteiger partial charge in [-0.15, -0.1) is 0 Å². The molecule has 0 aliphatic heterocycles. The number of hydrogen-bond donors (Lipinski definition) is 2. The van der Waals surface area contributed by atoms with Crippen molar-refractivity contribution in [1.82, 2.24) is 5.32 Å². The first-order chi connectivity index (χ1) is 7.04. The Morgan fingerprint density at radius 2 is 2.27 bits per heavy atom. The smallest absolute Gasteiger partial charge is 0.221 e. The third kappa shape index (κ3) is 3.02. The lowest BCUT2D eigenvalue weighted by Crippen LogP contribution is -2.24. The molecule has 1 aromatic rings. The van der Waals surface area contributed by atoms with Gasteiger partial charge < -0.3 is 11.1 Å². The molecule has 4 heteroatoms. The summed E-state index contributed by atoms with van der Waals surface area (Å²) in [6.07, 6.45) is 0.210. The normalized spacial score (nSPS) is 12.3. The van der Waals surface area contributed by atoms with Crippen LogP contribution < -0.4 is 11.1 Å². The molecule has 15 heavy (non-hydrogen) atoms. The van der Waals surface area contributed by atoms with Crippen molar-refractivity contribution in [2.45, 2.75) is 19.4 Å². The molecular formula is C11H15FN2O. The Morgan fingerprint density at radius 3 is 2.80 bits per heavy atom. The third-order valence-corrected chi connectivity index (χ3v) is 2.29. The lowest BCUT2D eigenvalue weighted by Gasteiger charge is -2.11. The van der Waals surface area contributed by atoms with E-state index in [0.717, 1.165) is 5.56 Å². The molecule has 0 spiro atoms. The van der Waals surface area contributed by atoms with Crippen molar-refractivity contribution in [2.75, 3.05) is 7.05 Å². The Hall–Kier alpha value is -1.42. The summed E-state index contributed by atoms with van der Waals surface area (Å²) in [4.78, 5) is 11.1. The van der Waals surface area contributed by atoms with Gasteiger partial charge in [-0.25, -0.2) is 4.39 Å². The van der Waals surface area contributed by atoms with Crippen LogP contribution >= 0.6 is 0 Å². The van der Waals surface area contributed by atoms with Crippen LogP contribution in [0, 0.1) is 12.7 Å². The average molecular weight is 210 g/mol. The van der Waals surface area contributed by atoms with Crippen LogP contribution in [0.3, 0.4) is 0 Å². The second kappa shape index (κ2) is 4.89. The average Bonchev–Trinajstić information content (AvgIpc) is 2.21. The van der Waals surface area contributed by atoms with Gasteiger partial charge >= 0.3 is 0 Å². The fourth-order valence-corrected chi connectivity index (χ4v) is 1.32. The number of carbonyl (C=O) groups is 1. The third-order valence-electron chi connectivity index (χ3n) is 2.29. The minimum Gasteiger partial charge on any atom is -0.359 e. The van der Waals surface area contributed by atoms with E-state index in [9.17, 15) is 9.18 Å². The first-order valence-corrected chi connectivity index (χ1v) is 4.76. The van der Waals surface area contributed by atoms with E-state index in [2.05, 4.69) is 5.32 Å². The number of rotatable bonds is 3. The highest BCUT2D eigenvalue weighted by Crippen LogP contribution is 2.17. The minimum absolute atomic E-state index is 0.121. The van der Waals surface area contributed by atoms with Gasteiger partial charge in [0, 0.05) is 19.5 Å².